The second-order valence-corrected chi connectivity index (χ2v) is 21.0. The SMILES string of the molecule is CC(C)n1c(O[C@@H]2C[C@H]3C(=O)C[C@]4(C(=O)NS(=O)(=O)N(C)C)C[C@@H]4/C=C\CCCCC[C@H](CC(=O)OC(C)(C)C)C(=O)N3C2)nc2c(-c3nc(C4CC4)cs3)cccc21. The number of rotatable bonds is 10. The fraction of sp³-hybridized carbons (Fsp3) is 0.628. The quantitative estimate of drug-likeness (QED) is 0.171. The summed E-state index contributed by atoms with van der Waals surface area (Å²) < 4.78 is 43.2. The molecule has 2 aromatic heterocycles. The van der Waals surface area contributed by atoms with Crippen LogP contribution in [0.2, 0.25) is 0 Å². The Labute approximate surface area is 351 Å². The number of carbonyl (C=O) groups is 4. The molecule has 59 heavy (non-hydrogen) atoms. The second kappa shape index (κ2) is 16.7. The number of allylic oxidation sites excluding steroid dienone is 2. The maximum Gasteiger partial charge on any atom is 0.307 e. The molecule has 2 amide bonds. The lowest BCUT2D eigenvalue weighted by molar-refractivity contribution is -0.159. The van der Waals surface area contributed by atoms with Crippen LogP contribution in [0.3, 0.4) is 0 Å². The van der Waals surface area contributed by atoms with Gasteiger partial charge in [-0.25, -0.2) is 9.71 Å². The molecule has 4 aliphatic rings. The van der Waals surface area contributed by atoms with Crippen LogP contribution in [0.15, 0.2) is 35.7 Å². The average molecular weight is 851 g/mol. The van der Waals surface area contributed by atoms with Gasteiger partial charge in [-0.1, -0.05) is 31.1 Å². The van der Waals surface area contributed by atoms with Crippen molar-refractivity contribution < 1.29 is 37.1 Å². The highest BCUT2D eigenvalue weighted by Gasteiger charge is 2.61. The summed E-state index contributed by atoms with van der Waals surface area (Å²) in [6, 6.07) is 5.34. The Morgan fingerprint density at radius 2 is 1.85 bits per heavy atom. The van der Waals surface area contributed by atoms with Crippen LogP contribution in [-0.4, -0.2) is 94.1 Å². The van der Waals surface area contributed by atoms with Crippen LogP contribution in [0.1, 0.15) is 123 Å². The molecular weight excluding hydrogens is 793 g/mol. The van der Waals surface area contributed by atoms with Crippen LogP contribution in [0.4, 0.5) is 0 Å². The maximum atomic E-state index is 14.8. The van der Waals surface area contributed by atoms with Crippen molar-refractivity contribution >= 4 is 56.1 Å². The molecule has 16 heteroatoms. The highest BCUT2D eigenvalue weighted by atomic mass is 32.2. The first-order chi connectivity index (χ1) is 27.9. The number of nitrogens with zero attached hydrogens (tertiary/aromatic N) is 5. The van der Waals surface area contributed by atoms with E-state index in [4.69, 9.17) is 19.4 Å². The number of esters is 1. The average Bonchev–Trinajstić information content (AvgIpc) is 3.94. The van der Waals surface area contributed by atoms with Crippen molar-refractivity contribution in [2.24, 2.45) is 17.3 Å². The third-order valence-electron chi connectivity index (χ3n) is 11.9. The zero-order valence-corrected chi connectivity index (χ0v) is 36.9. The summed E-state index contributed by atoms with van der Waals surface area (Å²) in [6.45, 7) is 9.50. The standard InChI is InChI=1S/C43H58N6O8S2/c1-26(2)49-33-17-13-16-31(38-44-32(25-58-38)27-18-19-27)37(33)45-41(49)56-30-21-34-35(50)23-43(40(53)46-59(54,55)47(6)7)22-29(43)15-12-10-8-9-11-14-28(39(52)48(34)24-30)20-36(51)57-42(3,4)5/h12-13,15-17,25-30,34H,8-11,14,18-24H2,1-7H3,(H,46,53)/b15-12-/t28-,29+,30-,34+,43-/m1/s1. The fourth-order valence-electron chi connectivity index (χ4n) is 8.50. The summed E-state index contributed by atoms with van der Waals surface area (Å²) in [7, 11) is -1.48. The minimum absolute atomic E-state index is 0.0476. The normalized spacial score (nSPS) is 26.3. The van der Waals surface area contributed by atoms with Crippen molar-refractivity contribution in [3.8, 4) is 16.6 Å². The minimum atomic E-state index is -4.13. The van der Waals surface area contributed by atoms with Gasteiger partial charge in [0, 0.05) is 55.8 Å². The van der Waals surface area contributed by atoms with Crippen LogP contribution in [0, 0.1) is 17.3 Å². The number of amides is 2. The molecule has 0 unspecified atom stereocenters. The first-order valence-electron chi connectivity index (χ1n) is 21.0. The van der Waals surface area contributed by atoms with Gasteiger partial charge in [0.15, 0.2) is 5.78 Å². The van der Waals surface area contributed by atoms with E-state index in [1.54, 1.807) is 32.1 Å². The van der Waals surface area contributed by atoms with Gasteiger partial charge in [0.25, 0.3) is 6.01 Å². The molecule has 320 valence electrons. The molecule has 0 bridgehead atoms. The van der Waals surface area contributed by atoms with E-state index in [9.17, 15) is 27.6 Å². The van der Waals surface area contributed by atoms with Gasteiger partial charge in [-0.2, -0.15) is 17.7 Å². The Morgan fingerprint density at radius 1 is 1.08 bits per heavy atom. The molecule has 4 heterocycles. The molecular formula is C43H58N6O8S2. The van der Waals surface area contributed by atoms with Gasteiger partial charge in [-0.05, 0) is 91.2 Å². The molecule has 2 saturated carbocycles. The number of carbonyl (C=O) groups excluding carboxylic acids is 4. The summed E-state index contributed by atoms with van der Waals surface area (Å²) in [5.41, 5.74) is 1.61. The summed E-state index contributed by atoms with van der Waals surface area (Å²) in [4.78, 5) is 68.0. The van der Waals surface area contributed by atoms with Gasteiger partial charge in [0.05, 0.1) is 35.6 Å². The van der Waals surface area contributed by atoms with Crippen LogP contribution in [0.5, 0.6) is 6.01 Å². The molecule has 1 saturated heterocycles. The van der Waals surface area contributed by atoms with Crippen molar-refractivity contribution in [3.63, 3.8) is 0 Å². The first-order valence-corrected chi connectivity index (χ1v) is 23.3. The number of hydrogen-bond donors (Lipinski definition) is 1. The Balaban J connectivity index is 1.22. The first kappa shape index (κ1) is 43.0. The lowest BCUT2D eigenvalue weighted by Gasteiger charge is -2.29. The smallest absolute Gasteiger partial charge is 0.307 e. The largest absolute Gasteiger partial charge is 0.460 e. The predicted molar refractivity (Wildman–Crippen MR) is 225 cm³/mol. The number of thiazole rings is 1. The Morgan fingerprint density at radius 3 is 2.54 bits per heavy atom. The molecule has 5 atom stereocenters. The van der Waals surface area contributed by atoms with E-state index in [2.05, 4.69) is 10.1 Å². The van der Waals surface area contributed by atoms with E-state index < -0.39 is 51.2 Å². The van der Waals surface area contributed by atoms with E-state index in [-0.39, 0.29) is 49.5 Å². The highest BCUT2D eigenvalue weighted by molar-refractivity contribution is 7.87. The monoisotopic (exact) mass is 850 g/mol. The number of imidazole rings is 1. The van der Waals surface area contributed by atoms with Crippen LogP contribution in [0.25, 0.3) is 21.6 Å². The molecule has 14 nitrogen and oxygen atoms in total. The zero-order valence-electron chi connectivity index (χ0n) is 35.2. The van der Waals surface area contributed by atoms with E-state index >= 15 is 0 Å². The zero-order chi connectivity index (χ0) is 42.4. The molecule has 7 rings (SSSR count). The molecule has 3 fully saturated rings. The van der Waals surface area contributed by atoms with Crippen molar-refractivity contribution in [2.75, 3.05) is 20.6 Å². The van der Waals surface area contributed by atoms with E-state index in [1.165, 1.54) is 19.0 Å². The molecule has 3 aromatic rings. The Kier molecular flexibility index (Phi) is 12.2. The number of benzene rings is 1. The van der Waals surface area contributed by atoms with Gasteiger partial charge in [-0.3, -0.25) is 23.7 Å². The number of ether oxygens (including phenoxy) is 2. The number of fused-ring (bicyclic) bond motifs is 3. The summed E-state index contributed by atoms with van der Waals surface area (Å²) in [5, 5.41) is 3.02. The summed E-state index contributed by atoms with van der Waals surface area (Å²) >= 11 is 1.60. The second-order valence-electron chi connectivity index (χ2n) is 18.2. The minimum Gasteiger partial charge on any atom is -0.460 e. The maximum absolute atomic E-state index is 14.8. The molecule has 2 aliphatic carbocycles. The molecule has 1 N–H and O–H groups in total. The van der Waals surface area contributed by atoms with E-state index in [0.717, 1.165) is 63.7 Å². The number of ketones is 1. The van der Waals surface area contributed by atoms with E-state index in [0.29, 0.717) is 31.2 Å². The number of aromatic nitrogens is 3. The van der Waals surface area contributed by atoms with Crippen molar-refractivity contribution in [1.82, 2.24) is 28.5 Å². The fourth-order valence-corrected chi connectivity index (χ4v) is 10.0. The lowest BCUT2D eigenvalue weighted by atomic mass is 9.90. The molecule has 2 aliphatic heterocycles. The van der Waals surface area contributed by atoms with Gasteiger partial charge >= 0.3 is 16.2 Å². The van der Waals surface area contributed by atoms with Gasteiger partial charge in [0.2, 0.25) is 11.8 Å². The molecule has 0 radical (unpaired) electrons. The Bertz CT molecular complexity index is 2240. The highest BCUT2D eigenvalue weighted by Crippen LogP contribution is 2.57. The van der Waals surface area contributed by atoms with Crippen LogP contribution < -0.4 is 9.46 Å². The van der Waals surface area contributed by atoms with Crippen LogP contribution >= 0.6 is 11.3 Å². The number of Topliss-reactive ketones (excluding diaryl/α,β-unsaturated/α-hetero) is 1. The molecule has 0 spiro atoms. The third-order valence-corrected chi connectivity index (χ3v) is 14.2. The van der Waals surface area contributed by atoms with Crippen molar-refractivity contribution in [3.05, 3.63) is 41.4 Å². The van der Waals surface area contributed by atoms with Gasteiger partial charge in [-0.15, -0.1) is 11.3 Å². The number of nitrogens with one attached hydrogen (secondary N) is 1. The van der Waals surface area contributed by atoms with Crippen molar-refractivity contribution in [1.29, 1.82) is 0 Å². The van der Waals surface area contributed by atoms with Gasteiger partial charge in [0.1, 0.15) is 22.2 Å². The van der Waals surface area contributed by atoms with Gasteiger partial charge < -0.3 is 14.4 Å². The topological polar surface area (TPSA) is 170 Å². The molecule has 1 aromatic carbocycles. The lowest BCUT2D eigenvalue weighted by Crippen LogP contribution is -2.47. The third kappa shape index (κ3) is 9.44. The number of para-hydroxylation sites is 1. The summed E-state index contributed by atoms with van der Waals surface area (Å²) in [6.07, 6.45) is 9.10. The van der Waals surface area contributed by atoms with Crippen LogP contribution in [-0.2, 0) is 34.1 Å². The summed E-state index contributed by atoms with van der Waals surface area (Å²) in [5.74, 6) is -2.50. The number of hydrogen-bond acceptors (Lipinski definition) is 11. The van der Waals surface area contributed by atoms with Crippen molar-refractivity contribution in [2.45, 2.75) is 135 Å². The Hall–Kier alpha value is -4.15. The predicted octanol–water partition coefficient (Wildman–Crippen LogP) is 6.72. The van der Waals surface area contributed by atoms with E-state index in [1.807, 2.05) is 48.8 Å².